The van der Waals surface area contributed by atoms with Crippen molar-refractivity contribution >= 4 is 10.9 Å². The standard InChI is InChI=1S/C22H26N2O3/c1-5-13-6-7-17-16(10-13)15-8-9-23-20(21(15)24-17)14-11-18(25-2)22(27-4)19(12-14)26-3/h6-7,10-12,20,23-24H,5,8-9H2,1-4H3/t20-/m0/s1. The topological polar surface area (TPSA) is 55.5 Å². The third-order valence-corrected chi connectivity index (χ3v) is 5.44. The number of H-pyrrole nitrogens is 1. The van der Waals surface area contributed by atoms with Crippen molar-refractivity contribution in [2.45, 2.75) is 25.8 Å². The lowest BCUT2D eigenvalue weighted by Crippen LogP contribution is -2.30. The number of benzene rings is 2. The van der Waals surface area contributed by atoms with E-state index in [1.807, 2.05) is 12.1 Å². The fourth-order valence-electron chi connectivity index (χ4n) is 4.05. The molecule has 1 aliphatic heterocycles. The number of aryl methyl sites for hydroxylation is 1. The minimum absolute atomic E-state index is 0.0555. The maximum Gasteiger partial charge on any atom is 0.203 e. The fraction of sp³-hybridized carbons (Fsp3) is 0.364. The first-order valence-corrected chi connectivity index (χ1v) is 9.36. The lowest BCUT2D eigenvalue weighted by atomic mass is 9.93. The van der Waals surface area contributed by atoms with Crippen LogP contribution in [0.15, 0.2) is 30.3 Å². The maximum absolute atomic E-state index is 5.54. The zero-order chi connectivity index (χ0) is 19.0. The number of rotatable bonds is 5. The summed E-state index contributed by atoms with van der Waals surface area (Å²) in [6.07, 6.45) is 2.06. The van der Waals surface area contributed by atoms with Gasteiger partial charge < -0.3 is 24.5 Å². The van der Waals surface area contributed by atoms with Gasteiger partial charge in [-0.2, -0.15) is 0 Å². The molecule has 5 nitrogen and oxygen atoms in total. The molecule has 0 saturated carbocycles. The molecule has 1 atom stereocenters. The summed E-state index contributed by atoms with van der Waals surface area (Å²) in [5, 5.41) is 4.97. The van der Waals surface area contributed by atoms with E-state index in [0.717, 1.165) is 24.9 Å². The average molecular weight is 366 g/mol. The molecule has 2 N–H and O–H groups in total. The van der Waals surface area contributed by atoms with Crippen molar-refractivity contribution in [2.24, 2.45) is 0 Å². The fourth-order valence-corrected chi connectivity index (χ4v) is 4.05. The summed E-state index contributed by atoms with van der Waals surface area (Å²) in [5.41, 5.74) is 6.27. The lowest BCUT2D eigenvalue weighted by Gasteiger charge is -2.26. The third-order valence-electron chi connectivity index (χ3n) is 5.44. The normalized spacial score (nSPS) is 16.2. The van der Waals surface area contributed by atoms with Crippen LogP contribution in [0.5, 0.6) is 17.2 Å². The van der Waals surface area contributed by atoms with Crippen LogP contribution in [0.4, 0.5) is 0 Å². The van der Waals surface area contributed by atoms with E-state index in [-0.39, 0.29) is 6.04 Å². The smallest absolute Gasteiger partial charge is 0.203 e. The van der Waals surface area contributed by atoms with Crippen LogP contribution in [0.25, 0.3) is 10.9 Å². The Morgan fingerprint density at radius 1 is 1.00 bits per heavy atom. The highest BCUT2D eigenvalue weighted by Crippen LogP contribution is 2.42. The van der Waals surface area contributed by atoms with Crippen molar-refractivity contribution in [3.8, 4) is 17.2 Å². The van der Waals surface area contributed by atoms with E-state index in [0.29, 0.717) is 17.2 Å². The van der Waals surface area contributed by atoms with Crippen LogP contribution < -0.4 is 19.5 Å². The Hall–Kier alpha value is -2.66. The van der Waals surface area contributed by atoms with Crippen molar-refractivity contribution in [2.75, 3.05) is 27.9 Å². The number of hydrogen-bond donors (Lipinski definition) is 2. The van der Waals surface area contributed by atoms with Crippen LogP contribution in [0, 0.1) is 0 Å². The molecule has 2 heterocycles. The molecule has 0 unspecified atom stereocenters. The van der Waals surface area contributed by atoms with Crippen molar-refractivity contribution in [1.29, 1.82) is 0 Å². The molecule has 1 aliphatic rings. The van der Waals surface area contributed by atoms with Gasteiger partial charge in [-0.1, -0.05) is 13.0 Å². The Balaban J connectivity index is 1.85. The largest absolute Gasteiger partial charge is 0.493 e. The Bertz CT molecular complexity index is 952. The van der Waals surface area contributed by atoms with Crippen LogP contribution in [-0.4, -0.2) is 32.9 Å². The molecule has 2 aromatic carbocycles. The number of fused-ring (bicyclic) bond motifs is 3. The molecule has 0 saturated heterocycles. The molecule has 1 aromatic heterocycles. The Labute approximate surface area is 159 Å². The van der Waals surface area contributed by atoms with E-state index in [1.165, 1.54) is 27.7 Å². The molecule has 0 aliphatic carbocycles. The van der Waals surface area contributed by atoms with Gasteiger partial charge in [0, 0.05) is 23.1 Å². The molecular weight excluding hydrogens is 340 g/mol. The number of nitrogens with one attached hydrogen (secondary N) is 2. The molecule has 0 radical (unpaired) electrons. The molecule has 0 spiro atoms. The molecule has 0 amide bonds. The van der Waals surface area contributed by atoms with E-state index in [9.17, 15) is 0 Å². The highest BCUT2D eigenvalue weighted by molar-refractivity contribution is 5.86. The van der Waals surface area contributed by atoms with Gasteiger partial charge >= 0.3 is 0 Å². The zero-order valence-corrected chi connectivity index (χ0v) is 16.3. The molecule has 27 heavy (non-hydrogen) atoms. The van der Waals surface area contributed by atoms with E-state index in [4.69, 9.17) is 14.2 Å². The first-order chi connectivity index (χ1) is 13.2. The quantitative estimate of drug-likeness (QED) is 0.717. The summed E-state index contributed by atoms with van der Waals surface area (Å²) >= 11 is 0. The Kier molecular flexibility index (Phi) is 4.70. The molecule has 0 bridgehead atoms. The second-order valence-corrected chi connectivity index (χ2v) is 6.85. The molecule has 4 rings (SSSR count). The summed E-state index contributed by atoms with van der Waals surface area (Å²) < 4.78 is 16.6. The molecule has 142 valence electrons. The van der Waals surface area contributed by atoms with Crippen LogP contribution in [0.1, 0.15) is 35.3 Å². The predicted octanol–water partition coefficient (Wildman–Crippen LogP) is 3.99. The van der Waals surface area contributed by atoms with Crippen molar-refractivity contribution in [3.05, 3.63) is 52.7 Å². The summed E-state index contributed by atoms with van der Waals surface area (Å²) in [7, 11) is 4.92. The molecule has 3 aromatic rings. The monoisotopic (exact) mass is 366 g/mol. The van der Waals surface area contributed by atoms with E-state index >= 15 is 0 Å². The van der Waals surface area contributed by atoms with Gasteiger partial charge in [-0.3, -0.25) is 0 Å². The summed E-state index contributed by atoms with van der Waals surface area (Å²) in [5.74, 6) is 1.96. The number of ether oxygens (including phenoxy) is 3. The van der Waals surface area contributed by atoms with Gasteiger partial charge in [0.1, 0.15) is 0 Å². The Morgan fingerprint density at radius 3 is 2.37 bits per heavy atom. The highest BCUT2D eigenvalue weighted by Gasteiger charge is 2.27. The van der Waals surface area contributed by atoms with Crippen LogP contribution in [0.3, 0.4) is 0 Å². The highest BCUT2D eigenvalue weighted by atomic mass is 16.5. The summed E-state index contributed by atoms with van der Waals surface area (Å²) in [6, 6.07) is 10.8. The molecular formula is C22H26N2O3. The van der Waals surface area contributed by atoms with E-state index in [2.05, 4.69) is 35.4 Å². The minimum atomic E-state index is 0.0555. The van der Waals surface area contributed by atoms with Crippen LogP contribution >= 0.6 is 0 Å². The SMILES string of the molecule is CCc1ccc2[nH]c3c(c2c1)CCN[C@H]3c1cc(OC)c(OC)c(OC)c1. The number of aromatic nitrogens is 1. The third kappa shape index (κ3) is 2.92. The Morgan fingerprint density at radius 2 is 1.74 bits per heavy atom. The first-order valence-electron chi connectivity index (χ1n) is 9.36. The second kappa shape index (κ2) is 7.16. The average Bonchev–Trinajstić information content (AvgIpc) is 3.10. The molecule has 0 fully saturated rings. The summed E-state index contributed by atoms with van der Waals surface area (Å²) in [4.78, 5) is 3.64. The number of hydrogen-bond acceptors (Lipinski definition) is 4. The van der Waals surface area contributed by atoms with Crippen LogP contribution in [0.2, 0.25) is 0 Å². The van der Waals surface area contributed by atoms with Crippen LogP contribution in [-0.2, 0) is 12.8 Å². The number of aromatic amines is 1. The number of methoxy groups -OCH3 is 3. The zero-order valence-electron chi connectivity index (χ0n) is 16.3. The molecule has 5 heteroatoms. The van der Waals surface area contributed by atoms with E-state index in [1.54, 1.807) is 21.3 Å². The lowest BCUT2D eigenvalue weighted by molar-refractivity contribution is 0.323. The van der Waals surface area contributed by atoms with Gasteiger partial charge in [-0.15, -0.1) is 0 Å². The van der Waals surface area contributed by atoms with Crippen molar-refractivity contribution < 1.29 is 14.2 Å². The van der Waals surface area contributed by atoms with Gasteiger partial charge in [0.05, 0.1) is 27.4 Å². The maximum atomic E-state index is 5.54. The minimum Gasteiger partial charge on any atom is -0.493 e. The van der Waals surface area contributed by atoms with Crippen molar-refractivity contribution in [1.82, 2.24) is 10.3 Å². The summed E-state index contributed by atoms with van der Waals surface area (Å²) in [6.45, 7) is 3.12. The van der Waals surface area contributed by atoms with Gasteiger partial charge in [0.15, 0.2) is 11.5 Å². The predicted molar refractivity (Wildman–Crippen MR) is 107 cm³/mol. The van der Waals surface area contributed by atoms with Gasteiger partial charge in [-0.25, -0.2) is 0 Å². The first kappa shape index (κ1) is 17.7. The van der Waals surface area contributed by atoms with Crippen molar-refractivity contribution in [3.63, 3.8) is 0 Å². The van der Waals surface area contributed by atoms with Gasteiger partial charge in [0.2, 0.25) is 5.75 Å². The second-order valence-electron chi connectivity index (χ2n) is 6.85. The van der Waals surface area contributed by atoms with Gasteiger partial charge in [-0.05, 0) is 53.8 Å². The van der Waals surface area contributed by atoms with E-state index < -0.39 is 0 Å². The van der Waals surface area contributed by atoms with Gasteiger partial charge in [0.25, 0.3) is 0 Å².